The predicted molar refractivity (Wildman–Crippen MR) is 68.3 cm³/mol. The van der Waals surface area contributed by atoms with Crippen LogP contribution in [0.1, 0.15) is 11.1 Å². The van der Waals surface area contributed by atoms with Crippen molar-refractivity contribution in [2.24, 2.45) is 0 Å². The fourth-order valence-electron chi connectivity index (χ4n) is 1.93. The van der Waals surface area contributed by atoms with Gasteiger partial charge in [-0.25, -0.2) is 8.42 Å². The van der Waals surface area contributed by atoms with E-state index in [2.05, 4.69) is 10.8 Å². The quantitative estimate of drug-likeness (QED) is 0.731. The summed E-state index contributed by atoms with van der Waals surface area (Å²) in [4.78, 5) is 2.15. The molecule has 0 saturated carbocycles. The zero-order chi connectivity index (χ0) is 12.3. The molecule has 1 aromatic rings. The van der Waals surface area contributed by atoms with Crippen LogP contribution in [0.4, 0.5) is 0 Å². The SMILES string of the molecule is C#Cc1cccc(CN2CCS(=O)(=O)CC2)c1. The first-order chi connectivity index (χ1) is 8.09. The molecule has 1 aromatic carbocycles. The minimum absolute atomic E-state index is 0.266. The number of sulfone groups is 1. The lowest BCUT2D eigenvalue weighted by Gasteiger charge is -2.26. The molecular weight excluding hydrogens is 234 g/mol. The maximum Gasteiger partial charge on any atom is 0.152 e. The monoisotopic (exact) mass is 249 g/mol. The van der Waals surface area contributed by atoms with E-state index in [9.17, 15) is 8.42 Å². The summed E-state index contributed by atoms with van der Waals surface area (Å²) in [6.07, 6.45) is 5.34. The minimum atomic E-state index is -2.79. The molecule has 0 atom stereocenters. The van der Waals surface area contributed by atoms with Crippen molar-refractivity contribution in [3.8, 4) is 12.3 Å². The Hall–Kier alpha value is -1.31. The number of terminal acetylenes is 1. The molecule has 0 bridgehead atoms. The molecule has 2 rings (SSSR count). The number of rotatable bonds is 2. The van der Waals surface area contributed by atoms with Crippen LogP contribution in [0.5, 0.6) is 0 Å². The van der Waals surface area contributed by atoms with Gasteiger partial charge in [-0.1, -0.05) is 18.1 Å². The molecule has 0 aliphatic carbocycles. The number of benzene rings is 1. The summed E-state index contributed by atoms with van der Waals surface area (Å²) < 4.78 is 22.6. The lowest BCUT2D eigenvalue weighted by atomic mass is 10.1. The molecule has 1 heterocycles. The van der Waals surface area contributed by atoms with E-state index in [4.69, 9.17) is 6.42 Å². The third kappa shape index (κ3) is 3.32. The highest BCUT2D eigenvalue weighted by molar-refractivity contribution is 7.91. The summed E-state index contributed by atoms with van der Waals surface area (Å²) >= 11 is 0. The van der Waals surface area contributed by atoms with Gasteiger partial charge in [0.15, 0.2) is 9.84 Å². The largest absolute Gasteiger partial charge is 0.297 e. The Bertz CT molecular complexity index is 529. The van der Waals surface area contributed by atoms with Crippen LogP contribution < -0.4 is 0 Å². The fraction of sp³-hybridized carbons (Fsp3) is 0.385. The highest BCUT2D eigenvalue weighted by Gasteiger charge is 2.21. The van der Waals surface area contributed by atoms with Crippen LogP contribution in [-0.4, -0.2) is 37.9 Å². The Kier molecular flexibility index (Phi) is 3.51. The Balaban J connectivity index is 2.00. The van der Waals surface area contributed by atoms with E-state index in [1.165, 1.54) is 0 Å². The Morgan fingerprint density at radius 3 is 2.65 bits per heavy atom. The summed E-state index contributed by atoms with van der Waals surface area (Å²) in [5.74, 6) is 3.13. The third-order valence-electron chi connectivity index (χ3n) is 2.94. The first-order valence-electron chi connectivity index (χ1n) is 5.57. The van der Waals surface area contributed by atoms with E-state index in [1.807, 2.05) is 24.3 Å². The molecular formula is C13H15NO2S. The molecule has 1 aliphatic rings. The molecule has 0 N–H and O–H groups in total. The summed E-state index contributed by atoms with van der Waals surface area (Å²) in [6, 6.07) is 7.82. The maximum absolute atomic E-state index is 11.3. The van der Waals surface area contributed by atoms with Crippen LogP contribution >= 0.6 is 0 Å². The van der Waals surface area contributed by atoms with Gasteiger partial charge in [0.1, 0.15) is 0 Å². The molecule has 1 fully saturated rings. The number of nitrogens with zero attached hydrogens (tertiary/aromatic N) is 1. The molecule has 3 nitrogen and oxygen atoms in total. The summed E-state index contributed by atoms with van der Waals surface area (Å²) in [6.45, 7) is 2.00. The van der Waals surface area contributed by atoms with Gasteiger partial charge in [-0.15, -0.1) is 6.42 Å². The van der Waals surface area contributed by atoms with Crippen molar-refractivity contribution in [1.29, 1.82) is 0 Å². The summed E-state index contributed by atoms with van der Waals surface area (Å²) in [5.41, 5.74) is 2.01. The first-order valence-corrected chi connectivity index (χ1v) is 7.39. The smallest absolute Gasteiger partial charge is 0.152 e. The van der Waals surface area contributed by atoms with Crippen LogP contribution in [0, 0.1) is 12.3 Å². The predicted octanol–water partition coefficient (Wildman–Crippen LogP) is 0.898. The second-order valence-corrected chi connectivity index (χ2v) is 6.58. The Labute approximate surface area is 102 Å². The van der Waals surface area contributed by atoms with Crippen LogP contribution in [0.3, 0.4) is 0 Å². The van der Waals surface area contributed by atoms with Gasteiger partial charge in [0.2, 0.25) is 0 Å². The van der Waals surface area contributed by atoms with E-state index in [0.29, 0.717) is 13.1 Å². The molecule has 4 heteroatoms. The van der Waals surface area contributed by atoms with Crippen LogP contribution in [0.2, 0.25) is 0 Å². The molecule has 0 radical (unpaired) electrons. The first kappa shape index (κ1) is 12.2. The van der Waals surface area contributed by atoms with Gasteiger partial charge in [0.25, 0.3) is 0 Å². The molecule has 0 aromatic heterocycles. The van der Waals surface area contributed by atoms with E-state index < -0.39 is 9.84 Å². The zero-order valence-corrected chi connectivity index (χ0v) is 10.4. The molecule has 1 aliphatic heterocycles. The topological polar surface area (TPSA) is 37.4 Å². The highest BCUT2D eigenvalue weighted by atomic mass is 32.2. The van der Waals surface area contributed by atoms with Crippen LogP contribution in [-0.2, 0) is 16.4 Å². The second-order valence-electron chi connectivity index (χ2n) is 4.27. The van der Waals surface area contributed by atoms with E-state index in [0.717, 1.165) is 17.7 Å². The van der Waals surface area contributed by atoms with Gasteiger partial charge in [0.05, 0.1) is 11.5 Å². The maximum atomic E-state index is 11.3. The van der Waals surface area contributed by atoms with Gasteiger partial charge < -0.3 is 0 Å². The third-order valence-corrected chi connectivity index (χ3v) is 4.55. The van der Waals surface area contributed by atoms with Gasteiger partial charge in [0, 0.05) is 25.2 Å². The normalized spacial score (nSPS) is 19.7. The van der Waals surface area contributed by atoms with Crippen molar-refractivity contribution >= 4 is 9.84 Å². The van der Waals surface area contributed by atoms with E-state index in [1.54, 1.807) is 0 Å². The van der Waals surface area contributed by atoms with Crippen LogP contribution in [0.25, 0.3) is 0 Å². The highest BCUT2D eigenvalue weighted by Crippen LogP contribution is 2.11. The summed E-state index contributed by atoms with van der Waals surface area (Å²) in [5, 5.41) is 0. The average molecular weight is 249 g/mol. The van der Waals surface area contributed by atoms with Crippen LogP contribution in [0.15, 0.2) is 24.3 Å². The Morgan fingerprint density at radius 2 is 2.00 bits per heavy atom. The van der Waals surface area contributed by atoms with E-state index in [-0.39, 0.29) is 11.5 Å². The van der Waals surface area contributed by atoms with Crippen molar-refractivity contribution in [1.82, 2.24) is 4.90 Å². The van der Waals surface area contributed by atoms with Crippen molar-refractivity contribution in [3.63, 3.8) is 0 Å². The zero-order valence-electron chi connectivity index (χ0n) is 9.59. The molecule has 17 heavy (non-hydrogen) atoms. The summed E-state index contributed by atoms with van der Waals surface area (Å²) in [7, 11) is -2.79. The average Bonchev–Trinajstić information content (AvgIpc) is 2.32. The lowest BCUT2D eigenvalue weighted by Crippen LogP contribution is -2.39. The van der Waals surface area contributed by atoms with Crippen molar-refractivity contribution < 1.29 is 8.42 Å². The molecule has 1 saturated heterocycles. The standard InChI is InChI=1S/C13H15NO2S/c1-2-12-4-3-5-13(10-12)11-14-6-8-17(15,16)9-7-14/h1,3-5,10H,6-9,11H2. The van der Waals surface area contributed by atoms with Gasteiger partial charge in [-0.05, 0) is 17.7 Å². The second kappa shape index (κ2) is 4.91. The molecule has 90 valence electrons. The van der Waals surface area contributed by atoms with Crippen molar-refractivity contribution in [2.45, 2.75) is 6.54 Å². The number of hydrogen-bond donors (Lipinski definition) is 0. The van der Waals surface area contributed by atoms with Gasteiger partial charge >= 0.3 is 0 Å². The molecule has 0 amide bonds. The van der Waals surface area contributed by atoms with E-state index >= 15 is 0 Å². The van der Waals surface area contributed by atoms with Crippen molar-refractivity contribution in [2.75, 3.05) is 24.6 Å². The minimum Gasteiger partial charge on any atom is -0.297 e. The number of hydrogen-bond acceptors (Lipinski definition) is 3. The van der Waals surface area contributed by atoms with Gasteiger partial charge in [-0.2, -0.15) is 0 Å². The van der Waals surface area contributed by atoms with Gasteiger partial charge in [-0.3, -0.25) is 4.90 Å². The fourth-order valence-corrected chi connectivity index (χ4v) is 3.20. The molecule has 0 spiro atoms. The van der Waals surface area contributed by atoms with Crippen molar-refractivity contribution in [3.05, 3.63) is 35.4 Å². The Morgan fingerprint density at radius 1 is 1.29 bits per heavy atom. The molecule has 0 unspecified atom stereocenters. The lowest BCUT2D eigenvalue weighted by molar-refractivity contribution is 0.287.